The van der Waals surface area contributed by atoms with Gasteiger partial charge < -0.3 is 42.8 Å². The molecule has 14 heteroatoms. The summed E-state index contributed by atoms with van der Waals surface area (Å²) in [4.78, 5) is 30.4. The molecule has 0 bridgehead atoms. The number of Topliss-reactive ketones (excluding diaryl/α,β-unsaturated/α-hetero) is 1. The molecule has 56 heavy (non-hydrogen) atoms. The van der Waals surface area contributed by atoms with Crippen molar-refractivity contribution in [2.45, 2.75) is 159 Å². The molecule has 11 nitrogen and oxygen atoms in total. The molecule has 17 atom stereocenters. The lowest BCUT2D eigenvalue weighted by molar-refractivity contribution is -0.326. The Morgan fingerprint density at radius 2 is 1.62 bits per heavy atom. The molecule has 6 rings (SSSR count). The molecule has 3 saturated heterocycles. The smallest absolute Gasteiger partial charge is 0.411 e. The minimum absolute atomic E-state index is 0.00529. The summed E-state index contributed by atoms with van der Waals surface area (Å²) < 4.78 is 88.0. The van der Waals surface area contributed by atoms with Crippen molar-refractivity contribution in [1.82, 2.24) is 4.90 Å². The Balaban J connectivity index is 1.20. The van der Waals surface area contributed by atoms with E-state index in [0.717, 1.165) is 19.3 Å². The third-order valence-electron chi connectivity index (χ3n) is 13.4. The van der Waals surface area contributed by atoms with Crippen LogP contribution < -0.4 is 0 Å². The highest BCUT2D eigenvalue weighted by Gasteiger charge is 2.53. The van der Waals surface area contributed by atoms with Crippen molar-refractivity contribution in [3.8, 4) is 0 Å². The Hall–Kier alpha value is -1.91. The monoisotopic (exact) mass is 799 g/mol. The molecular formula is C42H64F3NO10. The van der Waals surface area contributed by atoms with Gasteiger partial charge in [0, 0.05) is 32.1 Å². The van der Waals surface area contributed by atoms with E-state index in [9.17, 15) is 22.8 Å². The van der Waals surface area contributed by atoms with Crippen LogP contribution in [0.15, 0.2) is 23.8 Å². The Labute approximate surface area is 330 Å². The SMILES string of the molecule is CC[C@H]1CCC[C@H](O[C@H]2CC[C@H](N(C)C)[C@@H](C)O2)[C@@H](C)C(=O)C2=C[C@@H]3[C@@H](C=C[C@@H]4C[C@@H](O[C@@H]5O[C@@H](C)[C@H](OC)[C@@H](OCC(F)(F)F)[C@H]5OC)C[C@@H]34)[C@@H]2CC(=O)O1. The van der Waals surface area contributed by atoms with Gasteiger partial charge in [0.15, 0.2) is 18.4 Å². The number of halogens is 3. The number of ketones is 1. The van der Waals surface area contributed by atoms with E-state index in [0.29, 0.717) is 43.7 Å². The van der Waals surface area contributed by atoms with Crippen molar-refractivity contribution < 1.29 is 60.7 Å². The molecule has 0 N–H and O–H groups in total. The van der Waals surface area contributed by atoms with Crippen molar-refractivity contribution >= 4 is 11.8 Å². The number of carbonyl (C=O) groups excluding carboxylic acids is 2. The highest BCUT2D eigenvalue weighted by Crippen LogP contribution is 2.54. The molecule has 0 amide bonds. The van der Waals surface area contributed by atoms with Gasteiger partial charge in [0.25, 0.3) is 0 Å². The summed E-state index contributed by atoms with van der Waals surface area (Å²) in [6.45, 7) is 6.33. The van der Waals surface area contributed by atoms with Gasteiger partial charge in [-0.15, -0.1) is 0 Å². The predicted molar refractivity (Wildman–Crippen MR) is 199 cm³/mol. The summed E-state index contributed by atoms with van der Waals surface area (Å²) in [5.74, 6) is -0.866. The lowest BCUT2D eigenvalue weighted by Crippen LogP contribution is -2.60. The Bertz CT molecular complexity index is 1410. The van der Waals surface area contributed by atoms with Crippen LogP contribution in [0.25, 0.3) is 0 Å². The zero-order valence-electron chi connectivity index (χ0n) is 34.3. The number of rotatable bonds is 10. The highest BCUT2D eigenvalue weighted by molar-refractivity contribution is 5.99. The van der Waals surface area contributed by atoms with Gasteiger partial charge in [0.2, 0.25) is 0 Å². The molecule has 6 aliphatic rings. The minimum atomic E-state index is -4.53. The molecule has 0 radical (unpaired) electrons. The predicted octanol–water partition coefficient (Wildman–Crippen LogP) is 6.42. The molecule has 1 saturated carbocycles. The van der Waals surface area contributed by atoms with E-state index in [1.807, 2.05) is 13.8 Å². The summed E-state index contributed by atoms with van der Waals surface area (Å²) in [5.41, 5.74) is 0.672. The van der Waals surface area contributed by atoms with Crippen LogP contribution >= 0.6 is 0 Å². The van der Waals surface area contributed by atoms with Gasteiger partial charge >= 0.3 is 12.1 Å². The van der Waals surface area contributed by atoms with Crippen LogP contribution in [0.2, 0.25) is 0 Å². The van der Waals surface area contributed by atoms with Crippen LogP contribution in [0.3, 0.4) is 0 Å². The number of allylic oxidation sites excluding steroid dienone is 4. The largest absolute Gasteiger partial charge is 0.462 e. The fraction of sp³-hybridized carbons (Fsp3) is 0.857. The van der Waals surface area contributed by atoms with Crippen LogP contribution in [0, 0.1) is 35.5 Å². The fourth-order valence-electron chi connectivity index (χ4n) is 10.5. The van der Waals surface area contributed by atoms with E-state index in [1.54, 1.807) is 6.92 Å². The average molecular weight is 800 g/mol. The topological polar surface area (TPSA) is 111 Å². The molecule has 0 aromatic carbocycles. The summed E-state index contributed by atoms with van der Waals surface area (Å²) in [6, 6.07) is 0.299. The summed E-state index contributed by atoms with van der Waals surface area (Å²) in [7, 11) is 6.93. The van der Waals surface area contributed by atoms with E-state index in [2.05, 4.69) is 44.1 Å². The number of hydrogen-bond donors (Lipinski definition) is 0. The van der Waals surface area contributed by atoms with Gasteiger partial charge in [0.1, 0.15) is 31.0 Å². The summed E-state index contributed by atoms with van der Waals surface area (Å²) in [6.07, 6.45) is 2.22. The van der Waals surface area contributed by atoms with E-state index < -0.39 is 55.7 Å². The number of cyclic esters (lactones) is 1. The maximum Gasteiger partial charge on any atom is 0.411 e. The normalized spacial score (nSPS) is 43.6. The van der Waals surface area contributed by atoms with E-state index in [4.69, 9.17) is 37.9 Å². The first kappa shape index (κ1) is 43.7. The quantitative estimate of drug-likeness (QED) is 0.180. The molecule has 318 valence electrons. The van der Waals surface area contributed by atoms with Gasteiger partial charge in [-0.25, -0.2) is 0 Å². The molecule has 0 unspecified atom stereocenters. The number of hydrogen-bond acceptors (Lipinski definition) is 11. The number of methoxy groups -OCH3 is 2. The first-order valence-corrected chi connectivity index (χ1v) is 20.8. The van der Waals surface area contributed by atoms with Gasteiger partial charge in [0.05, 0.1) is 30.8 Å². The van der Waals surface area contributed by atoms with Crippen molar-refractivity contribution in [3.63, 3.8) is 0 Å². The molecule has 3 aliphatic carbocycles. The highest BCUT2D eigenvalue weighted by atomic mass is 19.4. The summed E-state index contributed by atoms with van der Waals surface area (Å²) >= 11 is 0. The van der Waals surface area contributed by atoms with Gasteiger partial charge in [-0.1, -0.05) is 32.1 Å². The minimum Gasteiger partial charge on any atom is -0.462 e. The first-order chi connectivity index (χ1) is 26.6. The van der Waals surface area contributed by atoms with E-state index in [-0.39, 0.29) is 72.2 Å². The number of fused-ring (bicyclic) bond motifs is 5. The molecule has 0 spiro atoms. The second kappa shape index (κ2) is 18.6. The van der Waals surface area contributed by atoms with Crippen LogP contribution in [-0.4, -0.2) is 125 Å². The second-order valence-electron chi connectivity index (χ2n) is 17.2. The molecule has 4 fully saturated rings. The van der Waals surface area contributed by atoms with Crippen molar-refractivity contribution in [2.75, 3.05) is 34.9 Å². The zero-order valence-corrected chi connectivity index (χ0v) is 34.3. The number of nitrogens with zero attached hydrogens (tertiary/aromatic N) is 1. The van der Waals surface area contributed by atoms with Crippen molar-refractivity contribution in [3.05, 3.63) is 23.8 Å². The second-order valence-corrected chi connectivity index (χ2v) is 17.2. The number of likely N-dealkylation sites (N-methyl/N-ethyl adjacent to an activating group) is 1. The van der Waals surface area contributed by atoms with Gasteiger partial charge in [-0.3, -0.25) is 9.59 Å². The van der Waals surface area contributed by atoms with Gasteiger partial charge in [-0.05, 0) is 109 Å². The molecule has 0 aromatic rings. The maximum absolute atomic E-state index is 14.7. The number of alkyl halides is 3. The average Bonchev–Trinajstić information content (AvgIpc) is 3.72. The number of ether oxygens (including phenoxy) is 8. The third-order valence-corrected chi connectivity index (χ3v) is 13.4. The molecule has 3 heterocycles. The molecule has 0 aromatic heterocycles. The third kappa shape index (κ3) is 9.75. The Morgan fingerprint density at radius 1 is 0.875 bits per heavy atom. The van der Waals surface area contributed by atoms with E-state index >= 15 is 0 Å². The molecule has 3 aliphatic heterocycles. The standard InChI is InChI=1S/C42H64F3NO10/c1-9-26-11-10-12-34(56-36-16-15-33(46(5)6)23(3)52-36)22(2)37(48)32-19-30-28(31(32)20-35(47)54-26)14-13-25-17-27(18-29(25)30)55-41-40(50-8)39(51-21-42(43,44)45)38(49-7)24(4)53-41/h13-14,19,22-31,33-34,36,38-41H,9-12,15-18,20-21H2,1-8H3/t22-,23-,24+,25-,26+,27-,28-,29-,30-,31+,33+,34+,36+,38+,39-,40-,41+/m1/s1. The molecular weight excluding hydrogens is 735 g/mol. The lowest BCUT2D eigenvalue weighted by Gasteiger charge is -2.44. The van der Waals surface area contributed by atoms with Gasteiger partial charge in [-0.2, -0.15) is 13.2 Å². The Morgan fingerprint density at radius 3 is 2.29 bits per heavy atom. The summed E-state index contributed by atoms with van der Waals surface area (Å²) in [5, 5.41) is 0. The van der Waals surface area contributed by atoms with Crippen LogP contribution in [0.4, 0.5) is 13.2 Å². The lowest BCUT2D eigenvalue weighted by atomic mass is 9.70. The fourth-order valence-corrected chi connectivity index (χ4v) is 10.5. The first-order valence-electron chi connectivity index (χ1n) is 20.8. The number of carbonyl (C=O) groups is 2. The van der Waals surface area contributed by atoms with Crippen LogP contribution in [-0.2, 0) is 47.5 Å². The van der Waals surface area contributed by atoms with E-state index in [1.165, 1.54) is 14.2 Å². The van der Waals surface area contributed by atoms with Crippen molar-refractivity contribution in [1.29, 1.82) is 0 Å². The zero-order chi connectivity index (χ0) is 40.5. The van der Waals surface area contributed by atoms with Crippen LogP contribution in [0.1, 0.15) is 85.5 Å². The maximum atomic E-state index is 14.7. The number of esters is 1. The van der Waals surface area contributed by atoms with Crippen molar-refractivity contribution in [2.24, 2.45) is 35.5 Å². The van der Waals surface area contributed by atoms with Crippen LogP contribution in [0.5, 0.6) is 0 Å². The Kier molecular flexibility index (Phi) is 14.5.